The molecule has 2 aromatic heterocycles. The third kappa shape index (κ3) is 5.59. The number of aliphatic hydroxyl groups excluding tert-OH is 1. The number of hydrogen-bond donors (Lipinski definition) is 1. The summed E-state index contributed by atoms with van der Waals surface area (Å²) in [4.78, 5) is 2.24. The van der Waals surface area contributed by atoms with Crippen molar-refractivity contribution in [2.45, 2.75) is 25.8 Å². The van der Waals surface area contributed by atoms with E-state index in [1.807, 2.05) is 49.6 Å². The number of furan rings is 1. The molecule has 5 nitrogen and oxygen atoms in total. The summed E-state index contributed by atoms with van der Waals surface area (Å²) >= 11 is 0. The Hall–Kier alpha value is -2.34. The highest BCUT2D eigenvalue weighted by molar-refractivity contribution is 5.15. The largest absolute Gasteiger partial charge is 0.467 e. The number of aromatic nitrogens is 1. The van der Waals surface area contributed by atoms with Gasteiger partial charge in [-0.15, -0.1) is 0 Å². The molecule has 138 valence electrons. The van der Waals surface area contributed by atoms with Crippen LogP contribution in [0.25, 0.3) is 0 Å². The van der Waals surface area contributed by atoms with E-state index in [0.717, 1.165) is 18.8 Å². The first-order chi connectivity index (χ1) is 12.7. The summed E-state index contributed by atoms with van der Waals surface area (Å²) in [6.45, 7) is 2.74. The third-order valence-corrected chi connectivity index (χ3v) is 4.29. The van der Waals surface area contributed by atoms with Gasteiger partial charge in [0.05, 0.1) is 19.0 Å². The number of nitrogens with zero attached hydrogens (tertiary/aromatic N) is 2. The van der Waals surface area contributed by atoms with Crippen LogP contribution in [0, 0.1) is 0 Å². The Bertz CT molecular complexity index is 753. The maximum atomic E-state index is 10.4. The van der Waals surface area contributed by atoms with Crippen molar-refractivity contribution in [2.24, 2.45) is 7.05 Å². The molecule has 1 unspecified atom stereocenters. The number of aryl methyl sites for hydroxylation is 1. The van der Waals surface area contributed by atoms with Crippen molar-refractivity contribution in [2.75, 3.05) is 13.2 Å². The maximum Gasteiger partial charge on any atom is 0.129 e. The first kappa shape index (κ1) is 18.5. The van der Waals surface area contributed by atoms with E-state index in [2.05, 4.69) is 27.7 Å². The summed E-state index contributed by atoms with van der Waals surface area (Å²) in [5, 5.41) is 10.4. The van der Waals surface area contributed by atoms with E-state index in [1.165, 1.54) is 11.3 Å². The lowest BCUT2D eigenvalue weighted by Crippen LogP contribution is -2.34. The normalized spacial score (nSPS) is 12.6. The Morgan fingerprint density at radius 3 is 2.62 bits per heavy atom. The second-order valence-corrected chi connectivity index (χ2v) is 6.51. The SMILES string of the molecule is Cn1cccc1CN(Cc1ccccc1)CC(O)COCc1ccco1. The van der Waals surface area contributed by atoms with Gasteiger partial charge in [0.25, 0.3) is 0 Å². The molecule has 1 atom stereocenters. The van der Waals surface area contributed by atoms with Crippen molar-refractivity contribution < 1.29 is 14.3 Å². The molecule has 2 heterocycles. The summed E-state index contributed by atoms with van der Waals surface area (Å²) in [7, 11) is 2.04. The fourth-order valence-electron chi connectivity index (χ4n) is 2.96. The van der Waals surface area contributed by atoms with Crippen LogP contribution in [0.15, 0.2) is 71.5 Å². The molecular formula is C21H26N2O3. The van der Waals surface area contributed by atoms with E-state index < -0.39 is 6.10 Å². The summed E-state index contributed by atoms with van der Waals surface area (Å²) in [5.74, 6) is 0.766. The highest BCUT2D eigenvalue weighted by Gasteiger charge is 2.14. The molecular weight excluding hydrogens is 328 g/mol. The maximum absolute atomic E-state index is 10.4. The molecule has 0 spiro atoms. The van der Waals surface area contributed by atoms with Gasteiger partial charge in [-0.1, -0.05) is 30.3 Å². The predicted octanol–water partition coefficient (Wildman–Crippen LogP) is 3.20. The van der Waals surface area contributed by atoms with E-state index in [9.17, 15) is 5.11 Å². The Morgan fingerprint density at radius 2 is 1.92 bits per heavy atom. The molecule has 0 saturated carbocycles. The van der Waals surface area contributed by atoms with Gasteiger partial charge in [-0.3, -0.25) is 4.90 Å². The summed E-state index contributed by atoms with van der Waals surface area (Å²) in [6.07, 6.45) is 3.10. The number of rotatable bonds is 10. The van der Waals surface area contributed by atoms with Crippen LogP contribution in [-0.4, -0.2) is 33.8 Å². The fourth-order valence-corrected chi connectivity index (χ4v) is 2.96. The van der Waals surface area contributed by atoms with Crippen molar-refractivity contribution in [3.63, 3.8) is 0 Å². The number of aliphatic hydroxyl groups is 1. The van der Waals surface area contributed by atoms with Crippen LogP contribution in [0.4, 0.5) is 0 Å². The van der Waals surface area contributed by atoms with Gasteiger partial charge in [0.1, 0.15) is 12.4 Å². The van der Waals surface area contributed by atoms with Crippen LogP contribution in [0.1, 0.15) is 17.0 Å². The van der Waals surface area contributed by atoms with E-state index in [4.69, 9.17) is 9.15 Å². The van der Waals surface area contributed by atoms with Gasteiger partial charge in [0, 0.05) is 38.6 Å². The predicted molar refractivity (Wildman–Crippen MR) is 100 cm³/mol. The van der Waals surface area contributed by atoms with E-state index in [1.54, 1.807) is 6.26 Å². The van der Waals surface area contributed by atoms with E-state index in [0.29, 0.717) is 13.2 Å². The van der Waals surface area contributed by atoms with Gasteiger partial charge in [0.15, 0.2) is 0 Å². The first-order valence-corrected chi connectivity index (χ1v) is 8.85. The number of benzene rings is 1. The molecule has 0 aliphatic heterocycles. The molecule has 1 aromatic carbocycles. The Kier molecular flexibility index (Phi) is 6.66. The molecule has 0 saturated heterocycles. The summed E-state index contributed by atoms with van der Waals surface area (Å²) in [5.41, 5.74) is 2.44. The van der Waals surface area contributed by atoms with Gasteiger partial charge in [-0.05, 0) is 29.8 Å². The Balaban J connectivity index is 1.56. The molecule has 0 aliphatic carbocycles. The summed E-state index contributed by atoms with van der Waals surface area (Å²) in [6, 6.07) is 18.2. The van der Waals surface area contributed by atoms with Crippen LogP contribution in [-0.2, 0) is 31.5 Å². The first-order valence-electron chi connectivity index (χ1n) is 8.85. The van der Waals surface area contributed by atoms with Crippen LogP contribution in [0.5, 0.6) is 0 Å². The zero-order chi connectivity index (χ0) is 18.2. The van der Waals surface area contributed by atoms with Gasteiger partial charge >= 0.3 is 0 Å². The second-order valence-electron chi connectivity index (χ2n) is 6.51. The van der Waals surface area contributed by atoms with E-state index in [-0.39, 0.29) is 6.61 Å². The Morgan fingerprint density at radius 1 is 1.08 bits per heavy atom. The minimum atomic E-state index is -0.561. The average Bonchev–Trinajstić information content (AvgIpc) is 3.28. The van der Waals surface area contributed by atoms with Gasteiger partial charge in [-0.2, -0.15) is 0 Å². The summed E-state index contributed by atoms with van der Waals surface area (Å²) < 4.78 is 12.9. The van der Waals surface area contributed by atoms with Gasteiger partial charge in [-0.25, -0.2) is 0 Å². The smallest absolute Gasteiger partial charge is 0.129 e. The van der Waals surface area contributed by atoms with Gasteiger partial charge in [0.2, 0.25) is 0 Å². The van der Waals surface area contributed by atoms with Crippen LogP contribution >= 0.6 is 0 Å². The van der Waals surface area contributed by atoms with Crippen molar-refractivity contribution in [1.29, 1.82) is 0 Å². The standard InChI is InChI=1S/C21H26N2O3/c1-22-11-5-9-19(22)14-23(13-18-7-3-2-4-8-18)15-20(24)16-25-17-21-10-6-12-26-21/h2-12,20,24H,13-17H2,1H3. The lowest BCUT2D eigenvalue weighted by atomic mass is 10.2. The molecule has 0 bridgehead atoms. The fraction of sp³-hybridized carbons (Fsp3) is 0.333. The average molecular weight is 354 g/mol. The van der Waals surface area contributed by atoms with Crippen LogP contribution < -0.4 is 0 Å². The topological polar surface area (TPSA) is 50.8 Å². The minimum absolute atomic E-state index is 0.277. The molecule has 0 amide bonds. The van der Waals surface area contributed by atoms with Crippen molar-refractivity contribution in [1.82, 2.24) is 9.47 Å². The molecule has 5 heteroatoms. The van der Waals surface area contributed by atoms with Crippen LogP contribution in [0.2, 0.25) is 0 Å². The van der Waals surface area contributed by atoms with Gasteiger partial charge < -0.3 is 18.8 Å². The quantitative estimate of drug-likeness (QED) is 0.607. The minimum Gasteiger partial charge on any atom is -0.467 e. The van der Waals surface area contributed by atoms with Crippen molar-refractivity contribution >= 4 is 0 Å². The van der Waals surface area contributed by atoms with Crippen molar-refractivity contribution in [3.05, 3.63) is 84.1 Å². The molecule has 0 aliphatic rings. The monoisotopic (exact) mass is 354 g/mol. The molecule has 3 rings (SSSR count). The molecule has 26 heavy (non-hydrogen) atoms. The number of hydrogen-bond acceptors (Lipinski definition) is 4. The van der Waals surface area contributed by atoms with Crippen LogP contribution in [0.3, 0.4) is 0 Å². The zero-order valence-electron chi connectivity index (χ0n) is 15.1. The van der Waals surface area contributed by atoms with E-state index >= 15 is 0 Å². The molecule has 1 N–H and O–H groups in total. The second kappa shape index (κ2) is 9.38. The highest BCUT2D eigenvalue weighted by Crippen LogP contribution is 2.11. The highest BCUT2D eigenvalue weighted by atomic mass is 16.5. The third-order valence-electron chi connectivity index (χ3n) is 4.29. The zero-order valence-corrected chi connectivity index (χ0v) is 15.1. The molecule has 3 aromatic rings. The Labute approximate surface area is 154 Å². The number of ether oxygens (including phenoxy) is 1. The lowest BCUT2D eigenvalue weighted by molar-refractivity contribution is 0.00224. The molecule has 0 radical (unpaired) electrons. The lowest BCUT2D eigenvalue weighted by Gasteiger charge is -2.25. The van der Waals surface area contributed by atoms with Crippen molar-refractivity contribution in [3.8, 4) is 0 Å². The molecule has 0 fully saturated rings.